The Morgan fingerprint density at radius 3 is 2.82 bits per heavy atom. The zero-order valence-corrected chi connectivity index (χ0v) is 13.2. The molecular weight excluding hydrogens is 282 g/mol. The van der Waals surface area contributed by atoms with Crippen LogP contribution in [0.15, 0.2) is 12.3 Å². The van der Waals surface area contributed by atoms with Gasteiger partial charge in [-0.1, -0.05) is 0 Å². The quantitative estimate of drug-likeness (QED) is 0.804. The third-order valence-electron chi connectivity index (χ3n) is 4.13. The molecule has 2 aliphatic rings. The van der Waals surface area contributed by atoms with E-state index < -0.39 is 6.10 Å². The first-order valence-electron chi connectivity index (χ1n) is 7.81. The molecule has 1 aromatic heterocycles. The summed E-state index contributed by atoms with van der Waals surface area (Å²) in [4.78, 5) is 27.3. The van der Waals surface area contributed by atoms with E-state index >= 15 is 0 Å². The number of carbonyl (C=O) groups is 1. The third kappa shape index (κ3) is 3.14. The number of hydrogen-bond donors (Lipinski definition) is 0. The first-order chi connectivity index (χ1) is 10.6. The lowest BCUT2D eigenvalue weighted by atomic mass is 10.2. The van der Waals surface area contributed by atoms with Gasteiger partial charge in [-0.2, -0.15) is 4.98 Å². The highest BCUT2D eigenvalue weighted by atomic mass is 16.5. The van der Waals surface area contributed by atoms with Crippen LogP contribution in [0.5, 0.6) is 0 Å². The summed E-state index contributed by atoms with van der Waals surface area (Å²) in [7, 11) is 3.90. The minimum Gasteiger partial charge on any atom is -0.365 e. The highest BCUT2D eigenvalue weighted by molar-refractivity contribution is 5.82. The number of nitrogens with zero attached hydrogens (tertiary/aromatic N) is 5. The maximum Gasteiger partial charge on any atom is 0.253 e. The molecule has 0 bridgehead atoms. The number of ether oxygens (including phenoxy) is 1. The molecule has 0 aromatic carbocycles. The fourth-order valence-corrected chi connectivity index (χ4v) is 2.86. The van der Waals surface area contributed by atoms with E-state index in [-0.39, 0.29) is 5.91 Å². The minimum absolute atomic E-state index is 0.103. The number of aromatic nitrogens is 2. The van der Waals surface area contributed by atoms with Crippen molar-refractivity contribution in [1.82, 2.24) is 14.9 Å². The van der Waals surface area contributed by atoms with Crippen LogP contribution in [0.4, 0.5) is 11.8 Å². The molecule has 2 aliphatic heterocycles. The van der Waals surface area contributed by atoms with Gasteiger partial charge in [0.2, 0.25) is 5.95 Å². The van der Waals surface area contributed by atoms with Gasteiger partial charge >= 0.3 is 0 Å². The Morgan fingerprint density at radius 2 is 2.09 bits per heavy atom. The van der Waals surface area contributed by atoms with Crippen molar-refractivity contribution in [2.24, 2.45) is 0 Å². The molecule has 1 unspecified atom stereocenters. The Hall–Kier alpha value is -1.89. The second kappa shape index (κ2) is 6.48. The van der Waals surface area contributed by atoms with Crippen LogP contribution >= 0.6 is 0 Å². The van der Waals surface area contributed by atoms with Gasteiger partial charge in [0, 0.05) is 39.9 Å². The van der Waals surface area contributed by atoms with Gasteiger partial charge in [-0.25, -0.2) is 4.98 Å². The van der Waals surface area contributed by atoms with Crippen LogP contribution in [-0.4, -0.2) is 73.8 Å². The largest absolute Gasteiger partial charge is 0.365 e. The van der Waals surface area contributed by atoms with Crippen LogP contribution in [0.25, 0.3) is 0 Å². The van der Waals surface area contributed by atoms with Crippen molar-refractivity contribution in [3.8, 4) is 0 Å². The predicted molar refractivity (Wildman–Crippen MR) is 84.1 cm³/mol. The summed E-state index contributed by atoms with van der Waals surface area (Å²) in [5.74, 6) is 1.62. The summed E-state index contributed by atoms with van der Waals surface area (Å²) in [6.07, 6.45) is 3.54. The molecule has 0 aliphatic carbocycles. The Balaban J connectivity index is 1.70. The molecule has 0 radical (unpaired) electrons. The molecule has 7 heteroatoms. The molecule has 3 rings (SSSR count). The molecule has 1 amide bonds. The molecule has 1 aromatic rings. The van der Waals surface area contributed by atoms with Crippen LogP contribution in [0, 0.1) is 0 Å². The van der Waals surface area contributed by atoms with Crippen LogP contribution in [-0.2, 0) is 9.53 Å². The summed E-state index contributed by atoms with van der Waals surface area (Å²) >= 11 is 0. The maximum absolute atomic E-state index is 12.5. The molecule has 1 atom stereocenters. The number of carbonyl (C=O) groups excluding carboxylic acids is 1. The summed E-state index contributed by atoms with van der Waals surface area (Å²) in [6, 6.07) is 1.87. The zero-order chi connectivity index (χ0) is 15.5. The van der Waals surface area contributed by atoms with Crippen molar-refractivity contribution < 1.29 is 9.53 Å². The lowest BCUT2D eigenvalue weighted by Crippen LogP contribution is -2.51. The van der Waals surface area contributed by atoms with E-state index in [1.54, 1.807) is 6.20 Å². The molecular formula is C15H23N5O2. The molecule has 0 spiro atoms. The van der Waals surface area contributed by atoms with Gasteiger partial charge in [-0.05, 0) is 18.9 Å². The van der Waals surface area contributed by atoms with Gasteiger partial charge in [0.05, 0.1) is 13.2 Å². The van der Waals surface area contributed by atoms with Crippen molar-refractivity contribution in [2.45, 2.75) is 18.9 Å². The Bertz CT molecular complexity index is 530. The summed E-state index contributed by atoms with van der Waals surface area (Å²) < 4.78 is 5.68. The van der Waals surface area contributed by atoms with E-state index in [2.05, 4.69) is 9.97 Å². The van der Waals surface area contributed by atoms with Crippen LogP contribution in [0.1, 0.15) is 12.8 Å². The smallest absolute Gasteiger partial charge is 0.253 e. The Labute approximate surface area is 130 Å². The molecule has 2 saturated heterocycles. The Kier molecular flexibility index (Phi) is 4.42. The second-order valence-electron chi connectivity index (χ2n) is 5.95. The van der Waals surface area contributed by atoms with Crippen molar-refractivity contribution in [2.75, 3.05) is 56.7 Å². The number of anilines is 2. The average Bonchev–Trinajstić information content (AvgIpc) is 3.09. The molecule has 0 N–H and O–H groups in total. The van der Waals surface area contributed by atoms with Crippen molar-refractivity contribution in [3.05, 3.63) is 12.3 Å². The monoisotopic (exact) mass is 305 g/mol. The van der Waals surface area contributed by atoms with Gasteiger partial charge < -0.3 is 19.4 Å². The second-order valence-corrected chi connectivity index (χ2v) is 5.95. The number of morpholine rings is 1. The highest BCUT2D eigenvalue weighted by Crippen LogP contribution is 2.18. The van der Waals surface area contributed by atoms with E-state index in [1.165, 1.54) is 0 Å². The molecule has 2 fully saturated rings. The first kappa shape index (κ1) is 15.0. The molecule has 22 heavy (non-hydrogen) atoms. The van der Waals surface area contributed by atoms with Gasteiger partial charge in [0.1, 0.15) is 5.82 Å². The molecule has 7 nitrogen and oxygen atoms in total. The summed E-state index contributed by atoms with van der Waals surface area (Å²) in [5.41, 5.74) is 0. The topological polar surface area (TPSA) is 61.8 Å². The average molecular weight is 305 g/mol. The van der Waals surface area contributed by atoms with Crippen molar-refractivity contribution in [3.63, 3.8) is 0 Å². The van der Waals surface area contributed by atoms with Crippen LogP contribution in [0.2, 0.25) is 0 Å². The van der Waals surface area contributed by atoms with Crippen molar-refractivity contribution in [1.29, 1.82) is 0 Å². The van der Waals surface area contributed by atoms with Crippen LogP contribution < -0.4 is 9.80 Å². The van der Waals surface area contributed by atoms with E-state index in [1.807, 2.05) is 34.9 Å². The summed E-state index contributed by atoms with van der Waals surface area (Å²) in [5, 5.41) is 0. The number of likely N-dealkylation sites (tertiary alicyclic amines) is 1. The number of amides is 1. The molecule has 3 heterocycles. The fraction of sp³-hybridized carbons (Fsp3) is 0.667. The van der Waals surface area contributed by atoms with E-state index in [9.17, 15) is 4.79 Å². The third-order valence-corrected chi connectivity index (χ3v) is 4.13. The summed E-state index contributed by atoms with van der Waals surface area (Å²) in [6.45, 7) is 3.46. The van der Waals surface area contributed by atoms with E-state index in [4.69, 9.17) is 4.74 Å². The SMILES string of the molecule is CN(C)c1ccnc(N2CCOC(C(=O)N3CCCC3)C2)n1. The lowest BCUT2D eigenvalue weighted by Gasteiger charge is -2.34. The minimum atomic E-state index is -0.404. The zero-order valence-electron chi connectivity index (χ0n) is 13.2. The molecule has 120 valence electrons. The Morgan fingerprint density at radius 1 is 1.32 bits per heavy atom. The van der Waals surface area contributed by atoms with Gasteiger partial charge in [0.25, 0.3) is 5.91 Å². The first-order valence-corrected chi connectivity index (χ1v) is 7.81. The molecule has 0 saturated carbocycles. The van der Waals surface area contributed by atoms with Crippen LogP contribution in [0.3, 0.4) is 0 Å². The fourth-order valence-electron chi connectivity index (χ4n) is 2.86. The van der Waals surface area contributed by atoms with Crippen molar-refractivity contribution >= 4 is 17.7 Å². The normalized spacial score (nSPS) is 22.0. The van der Waals surface area contributed by atoms with Gasteiger partial charge in [0.15, 0.2) is 6.10 Å². The van der Waals surface area contributed by atoms with E-state index in [0.29, 0.717) is 25.6 Å². The standard InChI is InChI=1S/C15H23N5O2/c1-18(2)13-5-6-16-15(17-13)20-9-10-22-12(11-20)14(21)19-7-3-4-8-19/h5-6,12H,3-4,7-11H2,1-2H3. The lowest BCUT2D eigenvalue weighted by molar-refractivity contribution is -0.143. The highest BCUT2D eigenvalue weighted by Gasteiger charge is 2.32. The predicted octanol–water partition coefficient (Wildman–Crippen LogP) is 0.370. The van der Waals surface area contributed by atoms with Gasteiger partial charge in [-0.15, -0.1) is 0 Å². The number of rotatable bonds is 3. The number of hydrogen-bond acceptors (Lipinski definition) is 6. The van der Waals surface area contributed by atoms with Gasteiger partial charge in [-0.3, -0.25) is 4.79 Å². The maximum atomic E-state index is 12.5. The van der Waals surface area contributed by atoms with E-state index in [0.717, 1.165) is 31.7 Å².